The first-order valence-electron chi connectivity index (χ1n) is 6.64. The lowest BCUT2D eigenvalue weighted by Gasteiger charge is -2.37. The topological polar surface area (TPSA) is 63.8 Å². The molecule has 4 nitrogen and oxygen atoms in total. The first-order chi connectivity index (χ1) is 9.16. The van der Waals surface area contributed by atoms with Gasteiger partial charge in [0.25, 0.3) is 0 Å². The standard InChI is InChI=1S/C13H21F3N4/c1-5-12(6-2,8(3)4)20-11-18-7-9(10(17)19-11)13(14,15)16/h7-8H,5-6H2,1-4H3,(H3,17,18,19,20). The molecule has 0 amide bonds. The van der Waals surface area contributed by atoms with E-state index in [1.165, 1.54) is 0 Å². The summed E-state index contributed by atoms with van der Waals surface area (Å²) in [5.74, 6) is -0.141. The third kappa shape index (κ3) is 3.32. The van der Waals surface area contributed by atoms with E-state index in [9.17, 15) is 13.2 Å². The second-order valence-corrected chi connectivity index (χ2v) is 5.13. The maximum Gasteiger partial charge on any atom is 0.421 e. The van der Waals surface area contributed by atoms with Gasteiger partial charge in [0.2, 0.25) is 5.95 Å². The van der Waals surface area contributed by atoms with Crippen LogP contribution in [-0.4, -0.2) is 15.5 Å². The Bertz CT molecular complexity index is 453. The molecule has 0 atom stereocenters. The number of halogens is 3. The van der Waals surface area contributed by atoms with Gasteiger partial charge in [0.15, 0.2) is 0 Å². The number of hydrogen-bond donors (Lipinski definition) is 2. The van der Waals surface area contributed by atoms with E-state index in [-0.39, 0.29) is 17.4 Å². The first-order valence-corrected chi connectivity index (χ1v) is 6.64. The van der Waals surface area contributed by atoms with Crippen molar-refractivity contribution in [3.63, 3.8) is 0 Å². The largest absolute Gasteiger partial charge is 0.421 e. The molecule has 1 aromatic rings. The van der Waals surface area contributed by atoms with Crippen LogP contribution in [0.25, 0.3) is 0 Å². The second-order valence-electron chi connectivity index (χ2n) is 5.13. The number of alkyl halides is 3. The van der Waals surface area contributed by atoms with Crippen LogP contribution in [0.2, 0.25) is 0 Å². The summed E-state index contributed by atoms with van der Waals surface area (Å²) in [6.07, 6.45) is -2.19. The highest BCUT2D eigenvalue weighted by Gasteiger charge is 2.35. The van der Waals surface area contributed by atoms with Crippen molar-refractivity contribution in [1.82, 2.24) is 9.97 Å². The van der Waals surface area contributed by atoms with Crippen molar-refractivity contribution in [1.29, 1.82) is 0 Å². The lowest BCUT2D eigenvalue weighted by molar-refractivity contribution is -0.137. The van der Waals surface area contributed by atoms with Crippen molar-refractivity contribution in [2.75, 3.05) is 11.1 Å². The van der Waals surface area contributed by atoms with Gasteiger partial charge >= 0.3 is 6.18 Å². The molecule has 0 unspecified atom stereocenters. The number of nitrogens with two attached hydrogens (primary N) is 1. The smallest absolute Gasteiger partial charge is 0.383 e. The Kier molecular flexibility index (Phi) is 4.83. The lowest BCUT2D eigenvalue weighted by atomic mass is 9.81. The van der Waals surface area contributed by atoms with Crippen molar-refractivity contribution in [3.8, 4) is 0 Å². The van der Waals surface area contributed by atoms with E-state index in [2.05, 4.69) is 15.3 Å². The number of nitrogen functional groups attached to an aromatic ring is 1. The zero-order valence-corrected chi connectivity index (χ0v) is 12.2. The molecule has 0 bridgehead atoms. The molecule has 0 saturated carbocycles. The summed E-state index contributed by atoms with van der Waals surface area (Å²) >= 11 is 0. The summed E-state index contributed by atoms with van der Waals surface area (Å²) < 4.78 is 37.8. The molecule has 0 radical (unpaired) electrons. The van der Waals surface area contributed by atoms with E-state index in [4.69, 9.17) is 5.73 Å². The van der Waals surface area contributed by atoms with Gasteiger partial charge in [-0.05, 0) is 18.8 Å². The van der Waals surface area contributed by atoms with Gasteiger partial charge in [0.1, 0.15) is 11.4 Å². The molecule has 7 heteroatoms. The van der Waals surface area contributed by atoms with Gasteiger partial charge in [-0.1, -0.05) is 27.7 Å². The van der Waals surface area contributed by atoms with Crippen LogP contribution in [0.1, 0.15) is 46.1 Å². The highest BCUT2D eigenvalue weighted by Crippen LogP contribution is 2.33. The van der Waals surface area contributed by atoms with E-state index in [0.29, 0.717) is 0 Å². The average Bonchev–Trinajstić information content (AvgIpc) is 2.34. The highest BCUT2D eigenvalue weighted by molar-refractivity contribution is 5.45. The van der Waals surface area contributed by atoms with Gasteiger partial charge in [-0.15, -0.1) is 0 Å². The first kappa shape index (κ1) is 16.5. The summed E-state index contributed by atoms with van der Waals surface area (Å²) in [4.78, 5) is 7.49. The molecule has 0 aliphatic carbocycles. The number of hydrogen-bond acceptors (Lipinski definition) is 4. The minimum atomic E-state index is -4.53. The maximum atomic E-state index is 12.6. The lowest BCUT2D eigenvalue weighted by Crippen LogP contribution is -2.43. The van der Waals surface area contributed by atoms with Gasteiger partial charge < -0.3 is 11.1 Å². The van der Waals surface area contributed by atoms with E-state index >= 15 is 0 Å². The fourth-order valence-corrected chi connectivity index (χ4v) is 2.28. The zero-order chi connectivity index (χ0) is 15.6. The van der Waals surface area contributed by atoms with Gasteiger partial charge in [0.05, 0.1) is 0 Å². The Labute approximate surface area is 117 Å². The second kappa shape index (κ2) is 5.85. The summed E-state index contributed by atoms with van der Waals surface area (Å²) in [5.41, 5.74) is 4.11. The van der Waals surface area contributed by atoms with Crippen molar-refractivity contribution in [2.24, 2.45) is 5.92 Å². The molecule has 1 rings (SSSR count). The van der Waals surface area contributed by atoms with E-state index in [0.717, 1.165) is 19.0 Å². The summed E-state index contributed by atoms with van der Waals surface area (Å²) in [7, 11) is 0. The molecule has 0 aliphatic heterocycles. The van der Waals surface area contributed by atoms with E-state index in [1.807, 2.05) is 27.7 Å². The summed E-state index contributed by atoms with van der Waals surface area (Å²) in [6, 6.07) is 0. The predicted octanol–water partition coefficient (Wildman–Crippen LogP) is 3.70. The molecule has 20 heavy (non-hydrogen) atoms. The number of nitrogens with one attached hydrogen (secondary N) is 1. The van der Waals surface area contributed by atoms with Crippen molar-refractivity contribution >= 4 is 11.8 Å². The molecule has 1 aromatic heterocycles. The van der Waals surface area contributed by atoms with Crippen LogP contribution in [0.15, 0.2) is 6.20 Å². The van der Waals surface area contributed by atoms with Crippen LogP contribution in [0.5, 0.6) is 0 Å². The van der Waals surface area contributed by atoms with Crippen LogP contribution in [0.3, 0.4) is 0 Å². The molecule has 0 aliphatic rings. The molecule has 0 fully saturated rings. The number of anilines is 2. The Hall–Kier alpha value is -1.53. The highest BCUT2D eigenvalue weighted by atomic mass is 19.4. The maximum absolute atomic E-state index is 12.6. The Morgan fingerprint density at radius 2 is 1.80 bits per heavy atom. The van der Waals surface area contributed by atoms with Crippen molar-refractivity contribution in [2.45, 2.75) is 52.3 Å². The average molecular weight is 290 g/mol. The van der Waals surface area contributed by atoms with E-state index < -0.39 is 17.6 Å². The Morgan fingerprint density at radius 1 is 1.25 bits per heavy atom. The van der Waals surface area contributed by atoms with Gasteiger partial charge in [-0.3, -0.25) is 0 Å². The van der Waals surface area contributed by atoms with Crippen molar-refractivity contribution < 1.29 is 13.2 Å². The van der Waals surface area contributed by atoms with Gasteiger partial charge in [0, 0.05) is 11.7 Å². The van der Waals surface area contributed by atoms with Crippen LogP contribution < -0.4 is 11.1 Å². The molecule has 3 N–H and O–H groups in total. The van der Waals surface area contributed by atoms with E-state index in [1.54, 1.807) is 0 Å². The minimum Gasteiger partial charge on any atom is -0.383 e. The molecule has 114 valence electrons. The van der Waals surface area contributed by atoms with Crippen molar-refractivity contribution in [3.05, 3.63) is 11.8 Å². The SMILES string of the molecule is CCC(CC)(Nc1ncc(C(F)(F)F)c(N)n1)C(C)C. The number of rotatable bonds is 5. The third-order valence-electron chi connectivity index (χ3n) is 3.85. The molecule has 0 saturated heterocycles. The van der Waals surface area contributed by atoms with Crippen LogP contribution >= 0.6 is 0 Å². The summed E-state index contributed by atoms with van der Waals surface area (Å²) in [6.45, 7) is 8.13. The Balaban J connectivity index is 3.08. The fraction of sp³-hybridized carbons (Fsp3) is 0.692. The van der Waals surface area contributed by atoms with Gasteiger partial charge in [-0.2, -0.15) is 18.2 Å². The minimum absolute atomic E-state index is 0.132. The Morgan fingerprint density at radius 3 is 2.15 bits per heavy atom. The number of aromatic nitrogens is 2. The third-order valence-corrected chi connectivity index (χ3v) is 3.85. The number of nitrogens with zero attached hydrogens (tertiary/aromatic N) is 2. The van der Waals surface area contributed by atoms with Crippen LogP contribution in [0.4, 0.5) is 24.9 Å². The van der Waals surface area contributed by atoms with Gasteiger partial charge in [-0.25, -0.2) is 4.98 Å². The molecular weight excluding hydrogens is 269 g/mol. The monoisotopic (exact) mass is 290 g/mol. The fourth-order valence-electron chi connectivity index (χ4n) is 2.28. The molecule has 0 aromatic carbocycles. The van der Waals surface area contributed by atoms with Crippen LogP contribution in [-0.2, 0) is 6.18 Å². The van der Waals surface area contributed by atoms with Crippen LogP contribution in [0, 0.1) is 5.92 Å². The molecule has 0 spiro atoms. The quantitative estimate of drug-likeness (QED) is 0.867. The summed E-state index contributed by atoms with van der Waals surface area (Å²) in [5, 5.41) is 3.14. The molecule has 1 heterocycles. The predicted molar refractivity (Wildman–Crippen MR) is 73.2 cm³/mol. The molecular formula is C13H21F3N4. The normalized spacial score (nSPS) is 12.8. The zero-order valence-electron chi connectivity index (χ0n) is 12.2.